The first-order valence-electron chi connectivity index (χ1n) is 13.6. The van der Waals surface area contributed by atoms with Crippen LogP contribution in [-0.2, 0) is 9.59 Å². The summed E-state index contributed by atoms with van der Waals surface area (Å²) in [5, 5.41) is 19.9. The summed E-state index contributed by atoms with van der Waals surface area (Å²) in [4.78, 5) is 25.2. The number of carboxylic acids is 1. The van der Waals surface area contributed by atoms with Crippen molar-refractivity contribution in [3.63, 3.8) is 0 Å². The molecule has 0 aromatic heterocycles. The number of ketones is 1. The van der Waals surface area contributed by atoms with Gasteiger partial charge in [0.2, 0.25) is 0 Å². The van der Waals surface area contributed by atoms with Crippen LogP contribution < -0.4 is 0 Å². The SMILES string of the molecule is CC(=CCCC(C)C1CCC2(C)C3=C(C(=O)CC12C)C1(C)CCC(O)C(C)(C)C1CC3)C(=O)O. The number of hydrogen-bond donors (Lipinski definition) is 2. The van der Waals surface area contributed by atoms with E-state index in [1.165, 1.54) is 5.57 Å². The molecule has 4 aliphatic carbocycles. The molecule has 0 bridgehead atoms. The summed E-state index contributed by atoms with van der Waals surface area (Å²) >= 11 is 0. The van der Waals surface area contributed by atoms with Gasteiger partial charge in [-0.15, -0.1) is 0 Å². The van der Waals surface area contributed by atoms with Crippen LogP contribution in [-0.4, -0.2) is 28.1 Å². The maximum absolute atomic E-state index is 14.0. The van der Waals surface area contributed by atoms with Crippen LogP contribution in [0.2, 0.25) is 0 Å². The second-order valence-electron chi connectivity index (χ2n) is 13.5. The zero-order valence-electron chi connectivity index (χ0n) is 22.5. The van der Waals surface area contributed by atoms with Crippen LogP contribution in [0.1, 0.15) is 106 Å². The fourth-order valence-corrected chi connectivity index (χ4v) is 9.29. The minimum absolute atomic E-state index is 0.0409. The van der Waals surface area contributed by atoms with E-state index in [-0.39, 0.29) is 27.8 Å². The third kappa shape index (κ3) is 3.49. The van der Waals surface area contributed by atoms with Gasteiger partial charge in [0.15, 0.2) is 5.78 Å². The van der Waals surface area contributed by atoms with Crippen molar-refractivity contribution in [3.05, 3.63) is 22.8 Å². The first-order chi connectivity index (χ1) is 15.7. The number of carbonyl (C=O) groups excluding carboxylic acids is 1. The number of hydrogen-bond acceptors (Lipinski definition) is 3. The molecular weight excluding hydrogens is 424 g/mol. The van der Waals surface area contributed by atoms with Crippen molar-refractivity contribution in [1.29, 1.82) is 0 Å². The molecule has 4 nitrogen and oxygen atoms in total. The van der Waals surface area contributed by atoms with Gasteiger partial charge in [-0.25, -0.2) is 4.79 Å². The molecule has 7 atom stereocenters. The predicted molar refractivity (Wildman–Crippen MR) is 135 cm³/mol. The average molecular weight is 471 g/mol. The van der Waals surface area contributed by atoms with E-state index >= 15 is 0 Å². The Morgan fingerprint density at radius 3 is 2.44 bits per heavy atom. The lowest BCUT2D eigenvalue weighted by atomic mass is 9.43. The second-order valence-corrected chi connectivity index (χ2v) is 13.5. The Hall–Kier alpha value is -1.42. The predicted octanol–water partition coefficient (Wildman–Crippen LogP) is 6.72. The summed E-state index contributed by atoms with van der Waals surface area (Å²) in [7, 11) is 0. The van der Waals surface area contributed by atoms with Gasteiger partial charge >= 0.3 is 5.97 Å². The van der Waals surface area contributed by atoms with Crippen molar-refractivity contribution in [1.82, 2.24) is 0 Å². The Bertz CT molecular complexity index is 941. The molecule has 34 heavy (non-hydrogen) atoms. The maximum atomic E-state index is 14.0. The lowest BCUT2D eigenvalue weighted by Crippen LogP contribution is -2.57. The van der Waals surface area contributed by atoms with E-state index < -0.39 is 5.97 Å². The summed E-state index contributed by atoms with van der Waals surface area (Å²) in [5.41, 5.74) is 2.74. The number of Topliss-reactive ketones (excluding diaryl/α,β-unsaturated/α-hetero) is 1. The normalized spacial score (nSPS) is 42.6. The van der Waals surface area contributed by atoms with Gasteiger partial charge in [-0.05, 0) is 97.7 Å². The van der Waals surface area contributed by atoms with Crippen LogP contribution >= 0.6 is 0 Å². The zero-order valence-corrected chi connectivity index (χ0v) is 22.5. The molecular formula is C30H46O4. The molecule has 190 valence electrons. The topological polar surface area (TPSA) is 74.6 Å². The average Bonchev–Trinajstić information content (AvgIpc) is 3.02. The molecule has 0 radical (unpaired) electrons. The quantitative estimate of drug-likeness (QED) is 0.437. The van der Waals surface area contributed by atoms with Gasteiger partial charge in [0.25, 0.3) is 0 Å². The van der Waals surface area contributed by atoms with Crippen LogP contribution in [0.3, 0.4) is 0 Å². The van der Waals surface area contributed by atoms with Crippen LogP contribution in [0.25, 0.3) is 0 Å². The summed E-state index contributed by atoms with van der Waals surface area (Å²) in [5.74, 6) is 0.808. The first kappa shape index (κ1) is 25.7. The number of carboxylic acid groups (broad SMARTS) is 1. The Morgan fingerprint density at radius 2 is 1.79 bits per heavy atom. The van der Waals surface area contributed by atoms with E-state index in [1.807, 2.05) is 6.08 Å². The summed E-state index contributed by atoms with van der Waals surface area (Å²) in [6, 6.07) is 0. The molecule has 0 amide bonds. The number of allylic oxidation sites excluding steroid dienone is 3. The van der Waals surface area contributed by atoms with Gasteiger partial charge in [-0.2, -0.15) is 0 Å². The molecule has 0 heterocycles. The van der Waals surface area contributed by atoms with E-state index in [4.69, 9.17) is 5.11 Å². The van der Waals surface area contributed by atoms with E-state index in [0.29, 0.717) is 35.5 Å². The van der Waals surface area contributed by atoms with Gasteiger partial charge in [-0.3, -0.25) is 4.79 Å². The highest BCUT2D eigenvalue weighted by molar-refractivity contribution is 6.00. The Kier molecular flexibility index (Phi) is 6.28. The molecule has 4 aliphatic rings. The fourth-order valence-electron chi connectivity index (χ4n) is 9.29. The van der Waals surface area contributed by atoms with Gasteiger partial charge in [0.05, 0.1) is 6.10 Å². The van der Waals surface area contributed by atoms with E-state index in [0.717, 1.165) is 56.9 Å². The Morgan fingerprint density at radius 1 is 1.12 bits per heavy atom. The van der Waals surface area contributed by atoms with Gasteiger partial charge in [0.1, 0.15) is 0 Å². The van der Waals surface area contributed by atoms with Crippen molar-refractivity contribution >= 4 is 11.8 Å². The Balaban J connectivity index is 1.66. The highest BCUT2D eigenvalue weighted by Crippen LogP contribution is 2.71. The molecule has 0 saturated heterocycles. The minimum atomic E-state index is -0.840. The van der Waals surface area contributed by atoms with E-state index in [2.05, 4.69) is 41.5 Å². The van der Waals surface area contributed by atoms with Gasteiger partial charge in [0, 0.05) is 17.6 Å². The maximum Gasteiger partial charge on any atom is 0.330 e. The summed E-state index contributed by atoms with van der Waals surface area (Å²) < 4.78 is 0. The molecule has 2 fully saturated rings. The number of carbonyl (C=O) groups is 2. The van der Waals surface area contributed by atoms with Gasteiger partial charge in [-0.1, -0.05) is 53.2 Å². The first-order valence-corrected chi connectivity index (χ1v) is 13.6. The number of aliphatic carboxylic acids is 1. The summed E-state index contributed by atoms with van der Waals surface area (Å²) in [6.45, 7) is 15.5. The minimum Gasteiger partial charge on any atom is -0.478 e. The number of rotatable bonds is 5. The molecule has 0 aromatic rings. The number of aliphatic hydroxyl groups is 1. The van der Waals surface area contributed by atoms with Crippen LogP contribution in [0.4, 0.5) is 0 Å². The van der Waals surface area contributed by atoms with Crippen molar-refractivity contribution in [3.8, 4) is 0 Å². The van der Waals surface area contributed by atoms with Crippen molar-refractivity contribution in [2.75, 3.05) is 0 Å². The zero-order chi connectivity index (χ0) is 25.3. The summed E-state index contributed by atoms with van der Waals surface area (Å²) in [6.07, 6.45) is 9.97. The third-order valence-electron chi connectivity index (χ3n) is 11.6. The van der Waals surface area contributed by atoms with Crippen LogP contribution in [0.5, 0.6) is 0 Å². The largest absolute Gasteiger partial charge is 0.478 e. The second kappa shape index (κ2) is 8.32. The third-order valence-corrected chi connectivity index (χ3v) is 11.6. The highest BCUT2D eigenvalue weighted by Gasteiger charge is 2.65. The molecule has 0 spiro atoms. The van der Waals surface area contributed by atoms with E-state index in [9.17, 15) is 14.7 Å². The van der Waals surface area contributed by atoms with Crippen molar-refractivity contribution < 1.29 is 19.8 Å². The molecule has 2 saturated carbocycles. The monoisotopic (exact) mass is 470 g/mol. The molecule has 7 unspecified atom stereocenters. The molecule has 4 heteroatoms. The number of fused-ring (bicyclic) bond motifs is 4. The lowest BCUT2D eigenvalue weighted by molar-refractivity contribution is -0.133. The lowest BCUT2D eigenvalue weighted by Gasteiger charge is -2.61. The molecule has 2 N–H and O–H groups in total. The standard InChI is InChI=1S/C30H46O4/c1-18(9-8-10-19(2)26(33)34)20-13-16-29(6)21-11-12-23-27(3,4)24(32)14-15-28(23,5)25(21)22(31)17-30(20,29)7/h10,18,20,23-24,32H,8-9,11-17H2,1-7H3,(H,33,34). The molecule has 0 aromatic carbocycles. The number of aliphatic hydroxyl groups excluding tert-OH is 1. The highest BCUT2D eigenvalue weighted by atomic mass is 16.4. The van der Waals surface area contributed by atoms with Crippen LogP contribution in [0, 0.1) is 39.4 Å². The smallest absolute Gasteiger partial charge is 0.330 e. The van der Waals surface area contributed by atoms with Crippen molar-refractivity contribution in [2.24, 2.45) is 39.4 Å². The fraction of sp³-hybridized carbons (Fsp3) is 0.800. The Labute approximate surface area is 206 Å². The molecule has 0 aliphatic heterocycles. The van der Waals surface area contributed by atoms with Crippen LogP contribution in [0.15, 0.2) is 22.8 Å². The van der Waals surface area contributed by atoms with Gasteiger partial charge < -0.3 is 10.2 Å². The molecule has 4 rings (SSSR count). The van der Waals surface area contributed by atoms with Crippen molar-refractivity contribution in [2.45, 2.75) is 112 Å². The van der Waals surface area contributed by atoms with E-state index in [1.54, 1.807) is 6.92 Å².